The molecular formula is C7H11Cl3O2. The van der Waals surface area contributed by atoms with Crippen molar-refractivity contribution in [1.82, 2.24) is 0 Å². The normalized spacial score (nSPS) is 15.3. The van der Waals surface area contributed by atoms with E-state index in [1.165, 1.54) is 7.11 Å². The number of hydrogen-bond acceptors (Lipinski definition) is 2. The maximum absolute atomic E-state index is 10.8. The van der Waals surface area contributed by atoms with Gasteiger partial charge in [-0.1, -0.05) is 0 Å². The smallest absolute Gasteiger partial charge is 0.323 e. The van der Waals surface area contributed by atoms with Crippen LogP contribution in [-0.4, -0.2) is 29.7 Å². The molecule has 0 amide bonds. The second-order valence-corrected chi connectivity index (χ2v) is 3.77. The van der Waals surface area contributed by atoms with Crippen molar-refractivity contribution in [2.24, 2.45) is 0 Å². The summed E-state index contributed by atoms with van der Waals surface area (Å²) in [6.45, 7) is 0. The zero-order valence-corrected chi connectivity index (χ0v) is 8.99. The molecule has 0 aliphatic rings. The molecule has 0 rings (SSSR count). The number of methoxy groups -OCH3 is 1. The van der Waals surface area contributed by atoms with Crippen LogP contribution in [0.4, 0.5) is 0 Å². The Morgan fingerprint density at radius 2 is 2.00 bits per heavy atom. The number of alkyl halides is 3. The highest BCUT2D eigenvalue weighted by Crippen LogP contribution is 2.13. The molecule has 12 heavy (non-hydrogen) atoms. The van der Waals surface area contributed by atoms with Crippen molar-refractivity contribution >= 4 is 40.8 Å². The van der Waals surface area contributed by atoms with E-state index in [-0.39, 0.29) is 5.38 Å². The zero-order valence-electron chi connectivity index (χ0n) is 6.73. The molecule has 0 heterocycles. The van der Waals surface area contributed by atoms with Crippen LogP contribution in [0.15, 0.2) is 0 Å². The van der Waals surface area contributed by atoms with Crippen LogP contribution in [-0.2, 0) is 9.53 Å². The molecule has 0 aromatic heterocycles. The molecule has 0 N–H and O–H groups in total. The van der Waals surface area contributed by atoms with Gasteiger partial charge in [-0.25, -0.2) is 0 Å². The Morgan fingerprint density at radius 1 is 1.42 bits per heavy atom. The molecule has 0 aromatic rings. The molecule has 0 aliphatic carbocycles. The number of ether oxygens (including phenoxy) is 1. The summed E-state index contributed by atoms with van der Waals surface area (Å²) >= 11 is 16.8. The van der Waals surface area contributed by atoms with Gasteiger partial charge < -0.3 is 4.74 Å². The highest BCUT2D eigenvalue weighted by Gasteiger charge is 2.16. The molecule has 0 saturated heterocycles. The van der Waals surface area contributed by atoms with Crippen LogP contribution in [0.3, 0.4) is 0 Å². The highest BCUT2D eigenvalue weighted by molar-refractivity contribution is 6.30. The largest absolute Gasteiger partial charge is 0.468 e. The number of carbonyl (C=O) groups excluding carboxylic acids is 1. The Kier molecular flexibility index (Phi) is 7.01. The van der Waals surface area contributed by atoms with Gasteiger partial charge in [-0.2, -0.15) is 0 Å². The van der Waals surface area contributed by atoms with E-state index in [2.05, 4.69) is 4.74 Å². The Balaban J connectivity index is 3.56. The second kappa shape index (κ2) is 6.81. The summed E-state index contributed by atoms with van der Waals surface area (Å²) in [5, 5.41) is -0.739. The van der Waals surface area contributed by atoms with Crippen molar-refractivity contribution in [3.05, 3.63) is 0 Å². The molecule has 0 spiro atoms. The van der Waals surface area contributed by atoms with Crippen molar-refractivity contribution in [2.45, 2.75) is 23.6 Å². The monoisotopic (exact) mass is 232 g/mol. The fraction of sp³-hybridized carbons (Fsp3) is 0.857. The third kappa shape index (κ3) is 5.07. The fourth-order valence-corrected chi connectivity index (χ4v) is 1.15. The van der Waals surface area contributed by atoms with E-state index in [0.717, 1.165) is 0 Å². The zero-order chi connectivity index (χ0) is 9.56. The van der Waals surface area contributed by atoms with E-state index >= 15 is 0 Å². The maximum atomic E-state index is 10.8. The average Bonchev–Trinajstić information content (AvgIpc) is 2.11. The van der Waals surface area contributed by atoms with Gasteiger partial charge >= 0.3 is 5.97 Å². The van der Waals surface area contributed by atoms with Crippen molar-refractivity contribution < 1.29 is 9.53 Å². The number of rotatable bonds is 5. The molecular weight excluding hydrogens is 222 g/mol. The Bertz CT molecular complexity index is 141. The lowest BCUT2D eigenvalue weighted by atomic mass is 10.2. The summed E-state index contributed by atoms with van der Waals surface area (Å²) in [6.07, 6.45) is 1.11. The van der Waals surface area contributed by atoms with Crippen molar-refractivity contribution in [2.75, 3.05) is 13.0 Å². The van der Waals surface area contributed by atoms with E-state index < -0.39 is 11.3 Å². The third-order valence-electron chi connectivity index (χ3n) is 1.36. The molecule has 0 radical (unpaired) electrons. The SMILES string of the molecule is COC(=O)C(Cl)CCC(Cl)CCl. The Labute approximate surface area is 87.1 Å². The predicted octanol–water partition coefficient (Wildman–Crippen LogP) is 2.39. The molecule has 0 bridgehead atoms. The average molecular weight is 234 g/mol. The van der Waals surface area contributed by atoms with Gasteiger partial charge in [0.1, 0.15) is 5.38 Å². The summed E-state index contributed by atoms with van der Waals surface area (Å²) in [6, 6.07) is 0. The van der Waals surface area contributed by atoms with Crippen LogP contribution in [0.25, 0.3) is 0 Å². The van der Waals surface area contributed by atoms with Gasteiger partial charge in [-0.3, -0.25) is 4.79 Å². The first-order valence-corrected chi connectivity index (χ1v) is 4.94. The molecule has 0 saturated carbocycles. The molecule has 5 heteroatoms. The summed E-state index contributed by atoms with van der Waals surface area (Å²) in [5.74, 6) is -0.0538. The second-order valence-electron chi connectivity index (χ2n) is 2.32. The quantitative estimate of drug-likeness (QED) is 0.538. The predicted molar refractivity (Wildman–Crippen MR) is 51.3 cm³/mol. The van der Waals surface area contributed by atoms with Gasteiger partial charge in [0.15, 0.2) is 0 Å². The van der Waals surface area contributed by atoms with Gasteiger partial charge in [0.25, 0.3) is 0 Å². The van der Waals surface area contributed by atoms with E-state index in [1.54, 1.807) is 0 Å². The van der Waals surface area contributed by atoms with E-state index in [1.807, 2.05) is 0 Å². The van der Waals surface area contributed by atoms with Crippen LogP contribution in [0.1, 0.15) is 12.8 Å². The summed E-state index contributed by atoms with van der Waals surface area (Å²) < 4.78 is 4.43. The van der Waals surface area contributed by atoms with Crippen LogP contribution in [0, 0.1) is 0 Å². The topological polar surface area (TPSA) is 26.3 Å². The molecule has 72 valence electrons. The minimum Gasteiger partial charge on any atom is -0.468 e. The minimum absolute atomic E-state index is 0.127. The molecule has 0 fully saturated rings. The minimum atomic E-state index is -0.612. The van der Waals surface area contributed by atoms with Gasteiger partial charge in [0, 0.05) is 11.3 Å². The van der Waals surface area contributed by atoms with Crippen LogP contribution in [0.5, 0.6) is 0 Å². The Morgan fingerprint density at radius 3 is 2.42 bits per heavy atom. The van der Waals surface area contributed by atoms with Gasteiger partial charge in [0.2, 0.25) is 0 Å². The van der Waals surface area contributed by atoms with Crippen LogP contribution < -0.4 is 0 Å². The number of hydrogen-bond donors (Lipinski definition) is 0. The number of carbonyl (C=O) groups is 1. The molecule has 0 aromatic carbocycles. The van der Waals surface area contributed by atoms with E-state index in [0.29, 0.717) is 18.7 Å². The third-order valence-corrected chi connectivity index (χ3v) is 2.66. The summed E-state index contributed by atoms with van der Waals surface area (Å²) in [7, 11) is 1.30. The highest BCUT2D eigenvalue weighted by atomic mass is 35.5. The lowest BCUT2D eigenvalue weighted by Crippen LogP contribution is -2.17. The number of esters is 1. The summed E-state index contributed by atoms with van der Waals surface area (Å²) in [4.78, 5) is 10.8. The standard InChI is InChI=1S/C7H11Cl3O2/c1-12-7(11)6(10)3-2-5(9)4-8/h5-6H,2-4H2,1H3. The molecule has 0 aliphatic heterocycles. The van der Waals surface area contributed by atoms with E-state index in [4.69, 9.17) is 34.8 Å². The lowest BCUT2D eigenvalue weighted by Gasteiger charge is -2.08. The first kappa shape index (κ1) is 12.3. The molecule has 2 atom stereocenters. The van der Waals surface area contributed by atoms with Gasteiger partial charge in [-0.05, 0) is 12.8 Å². The van der Waals surface area contributed by atoms with Crippen LogP contribution in [0.2, 0.25) is 0 Å². The molecule has 2 nitrogen and oxygen atoms in total. The van der Waals surface area contributed by atoms with Gasteiger partial charge in [0.05, 0.1) is 7.11 Å². The first-order valence-electron chi connectivity index (χ1n) is 3.53. The Hall–Kier alpha value is 0.340. The van der Waals surface area contributed by atoms with Crippen molar-refractivity contribution in [3.8, 4) is 0 Å². The van der Waals surface area contributed by atoms with Crippen molar-refractivity contribution in [1.29, 1.82) is 0 Å². The fourth-order valence-electron chi connectivity index (χ4n) is 0.650. The van der Waals surface area contributed by atoms with Crippen molar-refractivity contribution in [3.63, 3.8) is 0 Å². The van der Waals surface area contributed by atoms with Crippen LogP contribution >= 0.6 is 34.8 Å². The molecule has 2 unspecified atom stereocenters. The first-order chi connectivity index (χ1) is 5.61. The van der Waals surface area contributed by atoms with Gasteiger partial charge in [-0.15, -0.1) is 34.8 Å². The summed E-state index contributed by atoms with van der Waals surface area (Å²) in [5.41, 5.74) is 0. The lowest BCUT2D eigenvalue weighted by molar-refractivity contribution is -0.140. The number of halogens is 3. The van der Waals surface area contributed by atoms with E-state index in [9.17, 15) is 4.79 Å². The maximum Gasteiger partial charge on any atom is 0.323 e.